The molecule has 0 atom stereocenters. The highest BCUT2D eigenvalue weighted by Crippen LogP contribution is 2.29. The van der Waals surface area contributed by atoms with Crippen molar-refractivity contribution in [3.05, 3.63) is 11.1 Å². The molecule has 0 unspecified atom stereocenters. The number of thiazole rings is 1. The van der Waals surface area contributed by atoms with Gasteiger partial charge in [-0.2, -0.15) is 0 Å². The Morgan fingerprint density at radius 1 is 1.62 bits per heavy atom. The maximum absolute atomic E-state index is 11.4. The molecule has 5 heteroatoms. The molecule has 16 heavy (non-hydrogen) atoms. The van der Waals surface area contributed by atoms with E-state index in [1.165, 1.54) is 37.0 Å². The molecule has 0 radical (unpaired) electrons. The maximum atomic E-state index is 11.4. The van der Waals surface area contributed by atoms with Gasteiger partial charge in [0, 0.05) is 18.5 Å². The fourth-order valence-corrected chi connectivity index (χ4v) is 3.08. The van der Waals surface area contributed by atoms with Crippen LogP contribution in [-0.4, -0.2) is 29.7 Å². The maximum Gasteiger partial charge on any atom is 0.196 e. The van der Waals surface area contributed by atoms with Crippen molar-refractivity contribution < 1.29 is 4.79 Å². The van der Waals surface area contributed by atoms with Gasteiger partial charge in [-0.05, 0) is 12.8 Å². The number of alkyl halides is 1. The van der Waals surface area contributed by atoms with Crippen molar-refractivity contribution in [3.63, 3.8) is 0 Å². The second-order valence-electron chi connectivity index (χ2n) is 4.12. The minimum atomic E-state index is -0.0935. The summed E-state index contributed by atoms with van der Waals surface area (Å²) in [5.74, 6) is -0.0833. The van der Waals surface area contributed by atoms with Crippen LogP contribution in [-0.2, 0) is 0 Å². The lowest BCUT2D eigenvalue weighted by atomic mass is 10.2. The van der Waals surface area contributed by atoms with Crippen LogP contribution in [0, 0.1) is 0 Å². The molecular weight excluding hydrogens is 244 g/mol. The molecule has 3 nitrogen and oxygen atoms in total. The number of hydrogen-bond donors (Lipinski definition) is 0. The molecule has 1 aromatic rings. The van der Waals surface area contributed by atoms with Gasteiger partial charge in [-0.1, -0.05) is 12.8 Å². The highest BCUT2D eigenvalue weighted by molar-refractivity contribution is 7.14. The van der Waals surface area contributed by atoms with E-state index in [1.54, 1.807) is 5.38 Å². The smallest absolute Gasteiger partial charge is 0.196 e. The van der Waals surface area contributed by atoms with Gasteiger partial charge >= 0.3 is 0 Å². The molecule has 1 heterocycles. The van der Waals surface area contributed by atoms with E-state index in [9.17, 15) is 4.79 Å². The van der Waals surface area contributed by atoms with Crippen LogP contribution < -0.4 is 4.90 Å². The zero-order chi connectivity index (χ0) is 11.5. The number of Topliss-reactive ketones (excluding diaryl/α,β-unsaturated/α-hetero) is 1. The number of carbonyl (C=O) groups is 1. The molecule has 0 spiro atoms. The third-order valence-corrected chi connectivity index (χ3v) is 4.25. The highest BCUT2D eigenvalue weighted by atomic mass is 35.5. The van der Waals surface area contributed by atoms with Crippen molar-refractivity contribution in [2.24, 2.45) is 0 Å². The molecule has 0 aliphatic heterocycles. The lowest BCUT2D eigenvalue weighted by Crippen LogP contribution is -2.28. The van der Waals surface area contributed by atoms with Gasteiger partial charge < -0.3 is 4.90 Å². The van der Waals surface area contributed by atoms with Gasteiger partial charge in [0.2, 0.25) is 0 Å². The standard InChI is InChI=1S/C11H15ClN2OS/c1-14(8-4-2-3-5-8)11-13-9(7-16-11)10(15)6-12/h7-8H,2-6H2,1H3. The van der Waals surface area contributed by atoms with Crippen molar-refractivity contribution in [3.8, 4) is 0 Å². The number of anilines is 1. The normalized spacial score (nSPS) is 16.6. The fourth-order valence-electron chi connectivity index (χ4n) is 2.07. The number of hydrogen-bond acceptors (Lipinski definition) is 4. The molecule has 0 N–H and O–H groups in total. The first-order chi connectivity index (χ1) is 7.72. The minimum absolute atomic E-state index is 0.0102. The molecule has 0 amide bonds. The van der Waals surface area contributed by atoms with Gasteiger partial charge in [0.15, 0.2) is 10.9 Å². The van der Waals surface area contributed by atoms with Gasteiger partial charge in [0.1, 0.15) is 5.69 Å². The first kappa shape index (κ1) is 11.9. The molecule has 1 aliphatic carbocycles. The van der Waals surface area contributed by atoms with E-state index < -0.39 is 0 Å². The third kappa shape index (κ3) is 2.38. The Labute approximate surface area is 104 Å². The van der Waals surface area contributed by atoms with E-state index in [1.807, 2.05) is 0 Å². The molecule has 2 rings (SSSR count). The lowest BCUT2D eigenvalue weighted by Gasteiger charge is -2.23. The van der Waals surface area contributed by atoms with Crippen molar-refractivity contribution in [2.45, 2.75) is 31.7 Å². The summed E-state index contributed by atoms with van der Waals surface area (Å²) < 4.78 is 0. The van der Waals surface area contributed by atoms with Gasteiger partial charge in [0.25, 0.3) is 0 Å². The summed E-state index contributed by atoms with van der Waals surface area (Å²) >= 11 is 7.03. The van der Waals surface area contributed by atoms with E-state index in [4.69, 9.17) is 11.6 Å². The summed E-state index contributed by atoms with van der Waals surface area (Å²) in [6.07, 6.45) is 5.06. The van der Waals surface area contributed by atoms with E-state index >= 15 is 0 Å². The largest absolute Gasteiger partial charge is 0.348 e. The Morgan fingerprint density at radius 2 is 2.31 bits per heavy atom. The topological polar surface area (TPSA) is 33.2 Å². The summed E-state index contributed by atoms with van der Waals surface area (Å²) in [4.78, 5) is 17.9. The van der Waals surface area contributed by atoms with Crippen LogP contribution in [0.15, 0.2) is 5.38 Å². The predicted molar refractivity (Wildman–Crippen MR) is 67.8 cm³/mol. The molecule has 0 bridgehead atoms. The summed E-state index contributed by atoms with van der Waals surface area (Å²) in [5, 5.41) is 2.73. The van der Waals surface area contributed by atoms with E-state index in [0.29, 0.717) is 11.7 Å². The molecule has 1 saturated carbocycles. The van der Waals surface area contributed by atoms with Gasteiger partial charge in [-0.25, -0.2) is 4.98 Å². The quantitative estimate of drug-likeness (QED) is 0.615. The first-order valence-electron chi connectivity index (χ1n) is 5.50. The van der Waals surface area contributed by atoms with Crippen LogP contribution in [0.5, 0.6) is 0 Å². The van der Waals surface area contributed by atoms with Crippen molar-refractivity contribution in [1.82, 2.24) is 4.98 Å². The second kappa shape index (κ2) is 5.15. The molecule has 1 aliphatic rings. The van der Waals surface area contributed by atoms with Crippen molar-refractivity contribution >= 4 is 33.9 Å². The molecule has 0 aromatic carbocycles. The summed E-state index contributed by atoms with van der Waals surface area (Å²) in [6.45, 7) is 0. The second-order valence-corrected chi connectivity index (χ2v) is 5.23. The zero-order valence-corrected chi connectivity index (χ0v) is 10.9. The SMILES string of the molecule is CN(c1nc(C(=O)CCl)cs1)C1CCCC1. The van der Waals surface area contributed by atoms with Crippen LogP contribution >= 0.6 is 22.9 Å². The first-order valence-corrected chi connectivity index (χ1v) is 6.91. The molecule has 1 fully saturated rings. The molecule has 0 saturated heterocycles. The van der Waals surface area contributed by atoms with E-state index in [-0.39, 0.29) is 11.7 Å². The summed E-state index contributed by atoms with van der Waals surface area (Å²) in [5.41, 5.74) is 0.500. The van der Waals surface area contributed by atoms with Crippen LogP contribution in [0.25, 0.3) is 0 Å². The summed E-state index contributed by atoms with van der Waals surface area (Å²) in [6, 6.07) is 0.588. The predicted octanol–water partition coefficient (Wildman–Crippen LogP) is 2.94. The van der Waals surface area contributed by atoms with Crippen LogP contribution in [0.1, 0.15) is 36.2 Å². The van der Waals surface area contributed by atoms with Gasteiger partial charge in [-0.3, -0.25) is 4.79 Å². The Hall–Kier alpha value is -0.610. The van der Waals surface area contributed by atoms with Crippen LogP contribution in [0.4, 0.5) is 5.13 Å². The number of halogens is 1. The number of nitrogens with zero attached hydrogens (tertiary/aromatic N) is 2. The zero-order valence-electron chi connectivity index (χ0n) is 9.28. The monoisotopic (exact) mass is 258 g/mol. The molecule has 88 valence electrons. The van der Waals surface area contributed by atoms with E-state index in [2.05, 4.69) is 16.9 Å². The molecular formula is C11H15ClN2OS. The third-order valence-electron chi connectivity index (χ3n) is 3.07. The minimum Gasteiger partial charge on any atom is -0.348 e. The van der Waals surface area contributed by atoms with Crippen LogP contribution in [0.3, 0.4) is 0 Å². The number of aromatic nitrogens is 1. The number of ketones is 1. The lowest BCUT2D eigenvalue weighted by molar-refractivity contribution is 0.101. The Morgan fingerprint density at radius 3 is 2.94 bits per heavy atom. The molecule has 1 aromatic heterocycles. The summed E-state index contributed by atoms with van der Waals surface area (Å²) in [7, 11) is 2.06. The number of carbonyl (C=O) groups excluding carboxylic acids is 1. The van der Waals surface area contributed by atoms with E-state index in [0.717, 1.165) is 5.13 Å². The Balaban J connectivity index is 2.08. The van der Waals surface area contributed by atoms with Crippen molar-refractivity contribution in [1.29, 1.82) is 0 Å². The van der Waals surface area contributed by atoms with Gasteiger partial charge in [0.05, 0.1) is 5.88 Å². The van der Waals surface area contributed by atoms with Gasteiger partial charge in [-0.15, -0.1) is 22.9 Å². The Bertz CT molecular complexity index is 374. The average molecular weight is 259 g/mol. The van der Waals surface area contributed by atoms with Crippen LogP contribution in [0.2, 0.25) is 0 Å². The highest BCUT2D eigenvalue weighted by Gasteiger charge is 2.22. The number of rotatable bonds is 4. The van der Waals surface area contributed by atoms with Crippen molar-refractivity contribution in [2.75, 3.05) is 17.8 Å². The Kier molecular flexibility index (Phi) is 3.82. The average Bonchev–Trinajstić information content (AvgIpc) is 2.97. The fraction of sp³-hybridized carbons (Fsp3) is 0.636.